The molecule has 2 saturated heterocycles. The summed E-state index contributed by atoms with van der Waals surface area (Å²) in [6.07, 6.45) is 1.03. The van der Waals surface area contributed by atoms with Gasteiger partial charge in [0.05, 0.1) is 4.90 Å². The number of aryl methyl sites for hydroxylation is 1. The fourth-order valence-electron chi connectivity index (χ4n) is 4.25. The first-order valence-corrected chi connectivity index (χ1v) is 12.7. The third kappa shape index (κ3) is 4.83. The lowest BCUT2D eigenvalue weighted by molar-refractivity contribution is -0.139. The van der Waals surface area contributed by atoms with Gasteiger partial charge in [0.25, 0.3) is 5.91 Å². The normalized spacial score (nSPS) is 21.6. The largest absolute Gasteiger partial charge is 0.338 e. The third-order valence-corrected chi connectivity index (χ3v) is 8.28. The zero-order valence-corrected chi connectivity index (χ0v) is 19.8. The van der Waals surface area contributed by atoms with E-state index >= 15 is 0 Å². The van der Waals surface area contributed by atoms with Crippen LogP contribution in [0, 0.1) is 0 Å². The van der Waals surface area contributed by atoms with E-state index in [-0.39, 0.29) is 43.5 Å². The first kappa shape index (κ1) is 23.9. The summed E-state index contributed by atoms with van der Waals surface area (Å²) in [5, 5.41) is 2.73. The lowest BCUT2D eigenvalue weighted by Crippen LogP contribution is -2.53. The molecule has 2 aromatic rings. The predicted molar refractivity (Wildman–Crippen MR) is 125 cm³/mol. The maximum absolute atomic E-state index is 13.0. The van der Waals surface area contributed by atoms with Gasteiger partial charge in [0.2, 0.25) is 15.9 Å². The molecular formula is C24H28N4O5S. The number of urea groups is 1. The van der Waals surface area contributed by atoms with Gasteiger partial charge < -0.3 is 10.2 Å². The van der Waals surface area contributed by atoms with Crippen LogP contribution >= 0.6 is 0 Å². The van der Waals surface area contributed by atoms with E-state index in [1.54, 1.807) is 37.3 Å². The molecule has 1 N–H and O–H groups in total. The Balaban J connectivity index is 1.33. The van der Waals surface area contributed by atoms with Gasteiger partial charge in [-0.3, -0.25) is 14.5 Å². The van der Waals surface area contributed by atoms with Gasteiger partial charge >= 0.3 is 6.03 Å². The smallest absolute Gasteiger partial charge is 0.325 e. The fourth-order valence-corrected chi connectivity index (χ4v) is 5.70. The summed E-state index contributed by atoms with van der Waals surface area (Å²) in [5.41, 5.74) is -0.0148. The Kier molecular flexibility index (Phi) is 6.72. The molecule has 2 aromatic carbocycles. The van der Waals surface area contributed by atoms with Crippen molar-refractivity contribution < 1.29 is 22.8 Å². The molecule has 10 heteroatoms. The molecule has 2 heterocycles. The number of nitrogens with one attached hydrogen (secondary N) is 1. The monoisotopic (exact) mass is 484 g/mol. The van der Waals surface area contributed by atoms with E-state index in [1.807, 2.05) is 30.3 Å². The summed E-state index contributed by atoms with van der Waals surface area (Å²) < 4.78 is 26.9. The molecule has 4 amide bonds. The summed E-state index contributed by atoms with van der Waals surface area (Å²) in [4.78, 5) is 41.0. The Bertz CT molecular complexity index is 1160. The molecule has 4 rings (SSSR count). The summed E-state index contributed by atoms with van der Waals surface area (Å²) in [6, 6.07) is 17.3. The van der Waals surface area contributed by atoms with Crippen molar-refractivity contribution in [3.8, 4) is 0 Å². The standard InChI is InChI=1S/C24H28N4O5S/c1-24(13-12-19-8-4-2-5-9-19)22(30)28(23(31)25-24)18-21(29)26-14-16-27(17-15-26)34(32,33)20-10-6-3-7-11-20/h2-11H,12-18H2,1H3,(H,25,31)/t24-/m0/s1. The number of carbonyl (C=O) groups excluding carboxylic acids is 3. The van der Waals surface area contributed by atoms with Gasteiger partial charge in [-0.05, 0) is 37.5 Å². The summed E-state index contributed by atoms with van der Waals surface area (Å²) in [5.74, 6) is -0.806. The zero-order chi connectivity index (χ0) is 24.3. The summed E-state index contributed by atoms with van der Waals surface area (Å²) >= 11 is 0. The molecule has 2 aliphatic rings. The van der Waals surface area contributed by atoms with Crippen molar-refractivity contribution in [1.29, 1.82) is 0 Å². The van der Waals surface area contributed by atoms with Gasteiger partial charge in [0.1, 0.15) is 12.1 Å². The van der Waals surface area contributed by atoms with Crippen LogP contribution in [0.5, 0.6) is 0 Å². The third-order valence-electron chi connectivity index (χ3n) is 6.37. The lowest BCUT2D eigenvalue weighted by atomic mass is 9.93. The van der Waals surface area contributed by atoms with Gasteiger partial charge in [-0.1, -0.05) is 48.5 Å². The Labute approximate surface area is 199 Å². The van der Waals surface area contributed by atoms with Gasteiger partial charge in [-0.15, -0.1) is 0 Å². The quantitative estimate of drug-likeness (QED) is 0.599. The molecule has 0 saturated carbocycles. The van der Waals surface area contributed by atoms with Crippen molar-refractivity contribution in [2.45, 2.75) is 30.2 Å². The van der Waals surface area contributed by atoms with Gasteiger partial charge in [0, 0.05) is 26.2 Å². The van der Waals surface area contributed by atoms with Gasteiger partial charge in [0.15, 0.2) is 0 Å². The predicted octanol–water partition coefficient (Wildman–Crippen LogP) is 1.46. The Morgan fingerprint density at radius 3 is 2.15 bits per heavy atom. The highest BCUT2D eigenvalue weighted by atomic mass is 32.2. The molecule has 9 nitrogen and oxygen atoms in total. The van der Waals surface area contributed by atoms with Crippen LogP contribution in [0.3, 0.4) is 0 Å². The minimum Gasteiger partial charge on any atom is -0.338 e. The van der Waals surface area contributed by atoms with E-state index in [2.05, 4.69) is 5.32 Å². The summed E-state index contributed by atoms with van der Waals surface area (Å²) in [7, 11) is -3.63. The van der Waals surface area contributed by atoms with E-state index in [1.165, 1.54) is 9.21 Å². The number of benzene rings is 2. The molecule has 180 valence electrons. The van der Waals surface area contributed by atoms with E-state index in [0.29, 0.717) is 12.8 Å². The second-order valence-electron chi connectivity index (χ2n) is 8.74. The molecule has 0 unspecified atom stereocenters. The van der Waals surface area contributed by atoms with Crippen LogP contribution in [-0.2, 0) is 26.0 Å². The second kappa shape index (κ2) is 9.55. The van der Waals surface area contributed by atoms with E-state index in [0.717, 1.165) is 10.5 Å². The van der Waals surface area contributed by atoms with Crippen LogP contribution in [0.4, 0.5) is 4.79 Å². The molecule has 0 spiro atoms. The van der Waals surface area contributed by atoms with Crippen molar-refractivity contribution in [2.75, 3.05) is 32.7 Å². The van der Waals surface area contributed by atoms with E-state index in [9.17, 15) is 22.8 Å². The van der Waals surface area contributed by atoms with E-state index in [4.69, 9.17) is 0 Å². The van der Waals surface area contributed by atoms with Crippen LogP contribution in [0.2, 0.25) is 0 Å². The van der Waals surface area contributed by atoms with Crippen LogP contribution in [0.25, 0.3) is 0 Å². The minimum absolute atomic E-state index is 0.151. The maximum Gasteiger partial charge on any atom is 0.325 e. The number of amides is 4. The number of rotatable bonds is 7. The number of imide groups is 1. The molecule has 0 aromatic heterocycles. The topological polar surface area (TPSA) is 107 Å². The number of piperazine rings is 1. The van der Waals surface area contributed by atoms with Crippen LogP contribution in [0.1, 0.15) is 18.9 Å². The number of sulfonamides is 1. The molecule has 2 aliphatic heterocycles. The molecule has 0 radical (unpaired) electrons. The zero-order valence-electron chi connectivity index (χ0n) is 19.0. The SMILES string of the molecule is C[C@@]1(CCc2ccccc2)NC(=O)N(CC(=O)N2CCN(S(=O)(=O)c3ccccc3)CC2)C1=O. The molecule has 1 atom stereocenters. The maximum atomic E-state index is 13.0. The minimum atomic E-state index is -3.63. The first-order chi connectivity index (χ1) is 16.2. The number of hydrogen-bond donors (Lipinski definition) is 1. The average molecular weight is 485 g/mol. The van der Waals surface area contributed by atoms with Crippen LogP contribution in [-0.4, -0.2) is 78.6 Å². The number of carbonyl (C=O) groups is 3. The van der Waals surface area contributed by atoms with Crippen molar-refractivity contribution >= 4 is 27.9 Å². The van der Waals surface area contributed by atoms with Crippen LogP contribution < -0.4 is 5.32 Å². The van der Waals surface area contributed by atoms with Gasteiger partial charge in [-0.2, -0.15) is 4.31 Å². The molecular weight excluding hydrogens is 456 g/mol. The summed E-state index contributed by atoms with van der Waals surface area (Å²) in [6.45, 7) is 2.00. The number of nitrogens with zero attached hydrogens (tertiary/aromatic N) is 3. The fraction of sp³-hybridized carbons (Fsp3) is 0.375. The molecule has 0 bridgehead atoms. The highest BCUT2D eigenvalue weighted by Crippen LogP contribution is 2.24. The van der Waals surface area contributed by atoms with Crippen molar-refractivity contribution in [1.82, 2.24) is 19.4 Å². The Morgan fingerprint density at radius 2 is 1.53 bits per heavy atom. The molecule has 0 aliphatic carbocycles. The highest BCUT2D eigenvalue weighted by molar-refractivity contribution is 7.89. The second-order valence-corrected chi connectivity index (χ2v) is 10.7. The number of hydrogen-bond acceptors (Lipinski definition) is 5. The van der Waals surface area contributed by atoms with Crippen molar-refractivity contribution in [2.24, 2.45) is 0 Å². The highest BCUT2D eigenvalue weighted by Gasteiger charge is 2.48. The van der Waals surface area contributed by atoms with Gasteiger partial charge in [-0.25, -0.2) is 13.2 Å². The van der Waals surface area contributed by atoms with E-state index < -0.39 is 27.5 Å². The van der Waals surface area contributed by atoms with Crippen LogP contribution in [0.15, 0.2) is 65.6 Å². The Morgan fingerprint density at radius 1 is 0.941 bits per heavy atom. The molecule has 2 fully saturated rings. The Hall–Kier alpha value is -3.24. The lowest BCUT2D eigenvalue weighted by Gasteiger charge is -2.34. The molecule has 34 heavy (non-hydrogen) atoms. The van der Waals surface area contributed by atoms with Crippen molar-refractivity contribution in [3.05, 3.63) is 66.2 Å². The first-order valence-electron chi connectivity index (χ1n) is 11.2. The van der Waals surface area contributed by atoms with Crippen molar-refractivity contribution in [3.63, 3.8) is 0 Å². The average Bonchev–Trinajstić information content (AvgIpc) is 3.07.